The third-order valence-corrected chi connectivity index (χ3v) is 3.68. The number of rotatable bonds is 2. The van der Waals surface area contributed by atoms with Crippen molar-refractivity contribution >= 4 is 11.0 Å². The molecule has 1 aromatic heterocycles. The Morgan fingerprint density at radius 2 is 1.94 bits per heavy atom. The highest BCUT2D eigenvalue weighted by Crippen LogP contribution is 2.40. The summed E-state index contributed by atoms with van der Waals surface area (Å²) >= 11 is 0. The van der Waals surface area contributed by atoms with Crippen LogP contribution in [-0.2, 0) is 5.60 Å². The van der Waals surface area contributed by atoms with Crippen LogP contribution in [-0.4, -0.2) is 11.7 Å². The van der Waals surface area contributed by atoms with Crippen LogP contribution in [0.4, 0.5) is 0 Å². The molecule has 1 atom stereocenters. The lowest BCUT2D eigenvalue weighted by molar-refractivity contribution is -0.0711. The molecule has 1 aromatic carbocycles. The predicted octanol–water partition coefficient (Wildman–Crippen LogP) is 2.93. The molecule has 18 heavy (non-hydrogen) atoms. The van der Waals surface area contributed by atoms with E-state index in [0.29, 0.717) is 5.76 Å². The lowest BCUT2D eigenvalue weighted by Gasteiger charge is -2.37. The summed E-state index contributed by atoms with van der Waals surface area (Å²) in [5, 5.41) is 11.8. The summed E-state index contributed by atoms with van der Waals surface area (Å²) in [7, 11) is 0. The van der Waals surface area contributed by atoms with E-state index < -0.39 is 5.60 Å². The third-order valence-electron chi connectivity index (χ3n) is 3.68. The molecular weight excluding hydrogens is 226 g/mol. The Labute approximate surface area is 108 Å². The Morgan fingerprint density at radius 1 is 1.28 bits per heavy atom. The molecule has 0 bridgehead atoms. The highest BCUT2D eigenvalue weighted by Gasteiger charge is 2.43. The Hall–Kier alpha value is -1.32. The highest BCUT2D eigenvalue weighted by molar-refractivity contribution is 5.81. The minimum atomic E-state index is -1.15. The number of aliphatic hydroxyl groups is 1. The van der Waals surface area contributed by atoms with E-state index in [9.17, 15) is 5.11 Å². The average molecular weight is 247 g/mol. The zero-order valence-corrected chi connectivity index (χ0v) is 11.4. The van der Waals surface area contributed by atoms with Crippen molar-refractivity contribution in [3.8, 4) is 0 Å². The molecule has 0 aliphatic carbocycles. The smallest absolute Gasteiger partial charge is 0.139 e. The number of aryl methyl sites for hydroxylation is 1. The van der Waals surface area contributed by atoms with Gasteiger partial charge in [-0.2, -0.15) is 0 Å². The van der Waals surface area contributed by atoms with Crippen molar-refractivity contribution in [3.05, 3.63) is 35.6 Å². The van der Waals surface area contributed by atoms with Gasteiger partial charge in [0.1, 0.15) is 16.9 Å². The van der Waals surface area contributed by atoms with Gasteiger partial charge in [-0.05, 0) is 24.0 Å². The van der Waals surface area contributed by atoms with Gasteiger partial charge in [-0.3, -0.25) is 0 Å². The lowest BCUT2D eigenvalue weighted by Crippen LogP contribution is -2.46. The fourth-order valence-electron chi connectivity index (χ4n) is 2.19. The second-order valence-electron chi connectivity index (χ2n) is 5.92. The molecule has 3 heteroatoms. The molecule has 0 aliphatic heterocycles. The summed E-state index contributed by atoms with van der Waals surface area (Å²) in [6.45, 7) is 8.00. The number of nitrogens with two attached hydrogens (primary N) is 1. The van der Waals surface area contributed by atoms with Gasteiger partial charge in [0.25, 0.3) is 0 Å². The van der Waals surface area contributed by atoms with Crippen molar-refractivity contribution < 1.29 is 9.52 Å². The summed E-state index contributed by atoms with van der Waals surface area (Å²) < 4.78 is 5.85. The topological polar surface area (TPSA) is 59.4 Å². The minimum absolute atomic E-state index is 0.134. The number of hydrogen-bond donors (Lipinski definition) is 2. The molecule has 0 aliphatic rings. The molecule has 0 fully saturated rings. The van der Waals surface area contributed by atoms with Crippen molar-refractivity contribution in [2.45, 2.75) is 33.3 Å². The molecule has 3 N–H and O–H groups in total. The van der Waals surface area contributed by atoms with Gasteiger partial charge in [0.05, 0.1) is 0 Å². The highest BCUT2D eigenvalue weighted by atomic mass is 16.4. The molecule has 0 saturated heterocycles. The van der Waals surface area contributed by atoms with Crippen LogP contribution in [0.15, 0.2) is 28.7 Å². The fourth-order valence-corrected chi connectivity index (χ4v) is 2.19. The van der Waals surface area contributed by atoms with E-state index in [-0.39, 0.29) is 12.0 Å². The van der Waals surface area contributed by atoms with Crippen molar-refractivity contribution in [1.82, 2.24) is 0 Å². The number of benzene rings is 1. The first kappa shape index (κ1) is 13.1. The standard InChI is InChI=1S/C15H21NO2/c1-10-6-5-7-11-8-12(18-13(10)11)15(17,9-16)14(2,3)4/h5-8,17H,9,16H2,1-4H3. The van der Waals surface area contributed by atoms with Crippen LogP contribution in [0.2, 0.25) is 0 Å². The Bertz CT molecular complexity index is 565. The van der Waals surface area contributed by atoms with Gasteiger partial charge in [-0.25, -0.2) is 0 Å². The molecule has 2 aromatic rings. The predicted molar refractivity (Wildman–Crippen MR) is 73.4 cm³/mol. The van der Waals surface area contributed by atoms with Crippen LogP contribution in [0.5, 0.6) is 0 Å². The second-order valence-corrected chi connectivity index (χ2v) is 5.92. The Balaban J connectivity index is 2.64. The normalized spacial score (nSPS) is 15.9. The van der Waals surface area contributed by atoms with Gasteiger partial charge in [0.15, 0.2) is 0 Å². The van der Waals surface area contributed by atoms with Gasteiger partial charge in [0.2, 0.25) is 0 Å². The zero-order chi connectivity index (χ0) is 13.6. The quantitative estimate of drug-likeness (QED) is 0.857. The lowest BCUT2D eigenvalue weighted by atomic mass is 9.75. The Kier molecular flexibility index (Phi) is 2.99. The molecule has 3 nitrogen and oxygen atoms in total. The van der Waals surface area contributed by atoms with E-state index in [1.807, 2.05) is 52.0 Å². The minimum Gasteiger partial charge on any atom is -0.458 e. The monoisotopic (exact) mass is 247 g/mol. The van der Waals surface area contributed by atoms with Gasteiger partial charge in [-0.15, -0.1) is 0 Å². The molecule has 0 amide bonds. The van der Waals surface area contributed by atoms with E-state index in [1.165, 1.54) is 0 Å². The van der Waals surface area contributed by atoms with Gasteiger partial charge >= 0.3 is 0 Å². The van der Waals surface area contributed by atoms with Crippen molar-refractivity contribution in [2.24, 2.45) is 11.1 Å². The SMILES string of the molecule is Cc1cccc2cc(C(O)(CN)C(C)(C)C)oc12. The average Bonchev–Trinajstić information content (AvgIpc) is 2.72. The number of para-hydroxylation sites is 1. The first-order valence-electron chi connectivity index (χ1n) is 6.22. The summed E-state index contributed by atoms with van der Waals surface area (Å²) in [4.78, 5) is 0. The maximum absolute atomic E-state index is 10.8. The van der Waals surface area contributed by atoms with E-state index >= 15 is 0 Å². The van der Waals surface area contributed by atoms with Crippen LogP contribution < -0.4 is 5.73 Å². The summed E-state index contributed by atoms with van der Waals surface area (Å²) in [5.74, 6) is 0.543. The molecule has 0 radical (unpaired) electrons. The molecule has 1 unspecified atom stereocenters. The summed E-state index contributed by atoms with van der Waals surface area (Å²) in [6.07, 6.45) is 0. The zero-order valence-electron chi connectivity index (χ0n) is 11.4. The molecule has 1 heterocycles. The van der Waals surface area contributed by atoms with Gasteiger partial charge in [-0.1, -0.05) is 39.0 Å². The van der Waals surface area contributed by atoms with E-state index in [1.54, 1.807) is 0 Å². The fraction of sp³-hybridized carbons (Fsp3) is 0.467. The second kappa shape index (κ2) is 4.11. The third kappa shape index (κ3) is 1.84. The largest absolute Gasteiger partial charge is 0.458 e. The number of hydrogen-bond acceptors (Lipinski definition) is 3. The van der Waals surface area contributed by atoms with Crippen LogP contribution in [0.3, 0.4) is 0 Å². The van der Waals surface area contributed by atoms with Crippen molar-refractivity contribution in [2.75, 3.05) is 6.54 Å². The van der Waals surface area contributed by atoms with E-state index in [0.717, 1.165) is 16.5 Å². The van der Waals surface area contributed by atoms with E-state index in [4.69, 9.17) is 10.2 Å². The molecule has 98 valence electrons. The summed E-state index contributed by atoms with van der Waals surface area (Å²) in [6, 6.07) is 7.85. The Morgan fingerprint density at radius 3 is 2.44 bits per heavy atom. The molecule has 2 rings (SSSR count). The van der Waals surface area contributed by atoms with Gasteiger partial charge < -0.3 is 15.3 Å². The van der Waals surface area contributed by atoms with Crippen LogP contribution in [0, 0.1) is 12.3 Å². The summed E-state index contributed by atoms with van der Waals surface area (Å²) in [5.41, 5.74) is 6.12. The number of fused-ring (bicyclic) bond motifs is 1. The van der Waals surface area contributed by atoms with Crippen LogP contribution in [0.1, 0.15) is 32.1 Å². The number of furan rings is 1. The van der Waals surface area contributed by atoms with Gasteiger partial charge in [0, 0.05) is 11.9 Å². The molecule has 0 spiro atoms. The first-order valence-corrected chi connectivity index (χ1v) is 6.22. The first-order chi connectivity index (χ1) is 8.29. The van der Waals surface area contributed by atoms with E-state index in [2.05, 4.69) is 0 Å². The van der Waals surface area contributed by atoms with Crippen molar-refractivity contribution in [1.29, 1.82) is 0 Å². The van der Waals surface area contributed by atoms with Crippen molar-refractivity contribution in [3.63, 3.8) is 0 Å². The molecular formula is C15H21NO2. The molecule has 0 saturated carbocycles. The maximum Gasteiger partial charge on any atom is 0.139 e. The van der Waals surface area contributed by atoms with Crippen LogP contribution >= 0.6 is 0 Å². The maximum atomic E-state index is 10.8. The van der Waals surface area contributed by atoms with Crippen LogP contribution in [0.25, 0.3) is 11.0 Å².